The molecule has 0 saturated heterocycles. The fraction of sp³-hybridized carbons (Fsp3) is 0.261. The first-order chi connectivity index (χ1) is 12.7. The van der Waals surface area contributed by atoms with Crippen LogP contribution in [0.1, 0.15) is 30.0 Å². The molecule has 1 N–H and O–H groups in total. The minimum atomic E-state index is -0.514. The van der Waals surface area contributed by atoms with Crippen molar-refractivity contribution in [3.63, 3.8) is 0 Å². The van der Waals surface area contributed by atoms with Crippen LogP contribution in [0.4, 0.5) is 5.69 Å². The van der Waals surface area contributed by atoms with Crippen molar-refractivity contribution in [3.8, 4) is 5.75 Å². The molecule has 4 rings (SSSR count). The summed E-state index contributed by atoms with van der Waals surface area (Å²) >= 11 is 0. The van der Waals surface area contributed by atoms with E-state index in [9.17, 15) is 4.79 Å². The Morgan fingerprint density at radius 1 is 1.08 bits per heavy atom. The smallest absolute Gasteiger partial charge is 0.265 e. The van der Waals surface area contributed by atoms with Crippen LogP contribution >= 0.6 is 0 Å². The third-order valence-corrected chi connectivity index (χ3v) is 5.07. The van der Waals surface area contributed by atoms with Crippen LogP contribution in [-0.2, 0) is 17.6 Å². The molecule has 1 aliphatic rings. The summed E-state index contributed by atoms with van der Waals surface area (Å²) in [5.74, 6) is 0.625. The summed E-state index contributed by atoms with van der Waals surface area (Å²) in [6.07, 6.45) is 2.26. The predicted molar refractivity (Wildman–Crippen MR) is 106 cm³/mol. The largest absolute Gasteiger partial charge is 0.481 e. The molecule has 0 unspecified atom stereocenters. The third-order valence-electron chi connectivity index (χ3n) is 5.07. The molecule has 1 atom stereocenters. The molecule has 0 heterocycles. The van der Waals surface area contributed by atoms with E-state index in [4.69, 9.17) is 4.74 Å². The van der Waals surface area contributed by atoms with Gasteiger partial charge in [0.25, 0.3) is 5.91 Å². The van der Waals surface area contributed by atoms with Gasteiger partial charge in [-0.05, 0) is 66.5 Å². The maximum absolute atomic E-state index is 12.8. The van der Waals surface area contributed by atoms with Gasteiger partial charge in [-0.2, -0.15) is 0 Å². The number of rotatable bonds is 5. The van der Waals surface area contributed by atoms with Crippen molar-refractivity contribution in [1.82, 2.24) is 0 Å². The highest BCUT2D eigenvalue weighted by Crippen LogP contribution is 2.35. The maximum Gasteiger partial charge on any atom is 0.265 e. The van der Waals surface area contributed by atoms with E-state index < -0.39 is 6.10 Å². The van der Waals surface area contributed by atoms with Crippen molar-refractivity contribution in [2.45, 2.75) is 39.2 Å². The van der Waals surface area contributed by atoms with Gasteiger partial charge in [-0.1, -0.05) is 43.3 Å². The Balaban J connectivity index is 1.58. The molecule has 1 aliphatic carbocycles. The van der Waals surface area contributed by atoms with Crippen molar-refractivity contribution in [2.24, 2.45) is 0 Å². The Morgan fingerprint density at radius 2 is 1.85 bits per heavy atom. The second-order valence-electron chi connectivity index (χ2n) is 6.93. The molecule has 3 nitrogen and oxygen atoms in total. The quantitative estimate of drug-likeness (QED) is 0.703. The lowest BCUT2D eigenvalue weighted by Gasteiger charge is -2.18. The molecule has 3 heteroatoms. The topological polar surface area (TPSA) is 38.3 Å². The Labute approximate surface area is 154 Å². The number of carbonyl (C=O) groups is 1. The fourth-order valence-corrected chi connectivity index (χ4v) is 3.74. The second kappa shape index (κ2) is 6.83. The summed E-state index contributed by atoms with van der Waals surface area (Å²) in [5, 5.41) is 5.51. The molecule has 0 saturated carbocycles. The molecule has 0 fully saturated rings. The van der Waals surface area contributed by atoms with E-state index in [1.54, 1.807) is 0 Å². The summed E-state index contributed by atoms with van der Waals surface area (Å²) < 4.78 is 5.94. The number of aryl methyl sites for hydroxylation is 3. The number of anilines is 1. The van der Waals surface area contributed by atoms with E-state index >= 15 is 0 Å². The van der Waals surface area contributed by atoms with E-state index in [-0.39, 0.29) is 5.91 Å². The Hall–Kier alpha value is -2.81. The molecule has 132 valence electrons. The minimum Gasteiger partial charge on any atom is -0.481 e. The van der Waals surface area contributed by atoms with Gasteiger partial charge >= 0.3 is 0 Å². The lowest BCUT2D eigenvalue weighted by atomic mass is 10.0. The summed E-state index contributed by atoms with van der Waals surface area (Å²) in [5.41, 5.74) is 4.72. The van der Waals surface area contributed by atoms with E-state index in [2.05, 4.69) is 29.6 Å². The minimum absolute atomic E-state index is 0.104. The van der Waals surface area contributed by atoms with Crippen LogP contribution in [-0.4, -0.2) is 12.0 Å². The molecular formula is C23H23NO2. The van der Waals surface area contributed by atoms with Crippen LogP contribution in [0.25, 0.3) is 10.8 Å². The van der Waals surface area contributed by atoms with Gasteiger partial charge in [0.2, 0.25) is 0 Å². The summed E-state index contributed by atoms with van der Waals surface area (Å²) in [7, 11) is 0. The van der Waals surface area contributed by atoms with Crippen LogP contribution in [0.5, 0.6) is 5.75 Å². The lowest BCUT2D eigenvalue weighted by molar-refractivity contribution is -0.122. The molecule has 26 heavy (non-hydrogen) atoms. The number of benzene rings is 3. The number of amides is 1. The molecule has 0 spiro atoms. The molecule has 3 aromatic rings. The highest BCUT2D eigenvalue weighted by atomic mass is 16.5. The van der Waals surface area contributed by atoms with Crippen LogP contribution in [0.3, 0.4) is 0 Å². The van der Waals surface area contributed by atoms with E-state index in [0.29, 0.717) is 6.42 Å². The first-order valence-electron chi connectivity index (χ1n) is 9.23. The average Bonchev–Trinajstić information content (AvgIpc) is 3.07. The number of ether oxygens (including phenoxy) is 1. The molecule has 0 radical (unpaired) electrons. The fourth-order valence-electron chi connectivity index (χ4n) is 3.74. The van der Waals surface area contributed by atoms with E-state index in [1.807, 2.05) is 44.2 Å². The first kappa shape index (κ1) is 16.6. The molecule has 0 bridgehead atoms. The lowest BCUT2D eigenvalue weighted by Crippen LogP contribution is -2.32. The highest BCUT2D eigenvalue weighted by Gasteiger charge is 2.21. The Bertz CT molecular complexity index is 967. The summed E-state index contributed by atoms with van der Waals surface area (Å²) in [4.78, 5) is 12.8. The SMILES string of the molecule is CC[C@H](Oc1cccc(C)c1)C(=O)Nc1ccc2c3c(cccc13)CC2. The number of nitrogens with one attached hydrogen (secondary N) is 1. The van der Waals surface area contributed by atoms with Gasteiger partial charge in [0.1, 0.15) is 5.75 Å². The summed E-state index contributed by atoms with van der Waals surface area (Å²) in [6.45, 7) is 3.98. The Morgan fingerprint density at radius 3 is 2.62 bits per heavy atom. The van der Waals surface area contributed by atoms with Crippen LogP contribution in [0, 0.1) is 6.92 Å². The molecule has 3 aromatic carbocycles. The van der Waals surface area contributed by atoms with Crippen LogP contribution in [0.15, 0.2) is 54.6 Å². The van der Waals surface area contributed by atoms with Crippen molar-refractivity contribution >= 4 is 22.4 Å². The Kier molecular flexibility index (Phi) is 4.37. The normalized spacial score (nSPS) is 13.6. The zero-order valence-electron chi connectivity index (χ0n) is 15.2. The molecule has 0 aliphatic heterocycles. The van der Waals surface area contributed by atoms with Gasteiger partial charge in [0.15, 0.2) is 6.10 Å². The first-order valence-corrected chi connectivity index (χ1v) is 9.23. The third kappa shape index (κ3) is 3.05. The number of hydrogen-bond acceptors (Lipinski definition) is 2. The monoisotopic (exact) mass is 345 g/mol. The van der Waals surface area contributed by atoms with Gasteiger partial charge in [-0.3, -0.25) is 4.79 Å². The second-order valence-corrected chi connectivity index (χ2v) is 6.93. The van der Waals surface area contributed by atoms with Gasteiger partial charge < -0.3 is 10.1 Å². The van der Waals surface area contributed by atoms with Gasteiger partial charge in [0.05, 0.1) is 0 Å². The summed E-state index contributed by atoms with van der Waals surface area (Å²) in [6, 6.07) is 18.3. The molecule has 0 aromatic heterocycles. The van der Waals surface area contributed by atoms with E-state index in [1.165, 1.54) is 16.5 Å². The van der Waals surface area contributed by atoms with Gasteiger partial charge in [-0.25, -0.2) is 0 Å². The van der Waals surface area contributed by atoms with Crippen molar-refractivity contribution < 1.29 is 9.53 Å². The zero-order valence-corrected chi connectivity index (χ0v) is 15.2. The standard InChI is InChI=1S/C23H23NO2/c1-3-21(26-18-8-4-6-15(2)14-18)23(25)24-20-13-12-17-11-10-16-7-5-9-19(20)22(16)17/h4-9,12-14,21H,3,10-11H2,1-2H3,(H,24,25)/t21-/m0/s1. The van der Waals surface area contributed by atoms with Crippen molar-refractivity contribution in [2.75, 3.05) is 5.32 Å². The zero-order chi connectivity index (χ0) is 18.1. The van der Waals surface area contributed by atoms with E-state index in [0.717, 1.165) is 35.2 Å². The highest BCUT2D eigenvalue weighted by molar-refractivity contribution is 6.06. The molecule has 1 amide bonds. The van der Waals surface area contributed by atoms with Crippen molar-refractivity contribution in [3.05, 3.63) is 71.3 Å². The number of hydrogen-bond donors (Lipinski definition) is 1. The van der Waals surface area contributed by atoms with Crippen molar-refractivity contribution in [1.29, 1.82) is 0 Å². The van der Waals surface area contributed by atoms with Gasteiger partial charge in [0, 0.05) is 11.1 Å². The molecular weight excluding hydrogens is 322 g/mol. The number of carbonyl (C=O) groups excluding carboxylic acids is 1. The predicted octanol–water partition coefficient (Wildman–Crippen LogP) is 5.04. The average molecular weight is 345 g/mol. The van der Waals surface area contributed by atoms with Crippen LogP contribution in [0.2, 0.25) is 0 Å². The van der Waals surface area contributed by atoms with Crippen LogP contribution < -0.4 is 10.1 Å². The van der Waals surface area contributed by atoms with Gasteiger partial charge in [-0.15, -0.1) is 0 Å². The maximum atomic E-state index is 12.8.